The smallest absolute Gasteiger partial charge is 0.287 e. The standard InChI is InChI=1S/C28H27N3O5/c1-20-11-13-22(14-12-20)26(28(34)29-17-23-9-5-15-35-23)31(19-21-7-3-2-4-8-21)25(32)18-30-27(33)24-10-6-16-36-24/h2-16,26H,17-19H2,1H3,(H,29,34)(H,30,33)/t26-/m1/s1. The van der Waals surface area contributed by atoms with Crippen LogP contribution in [0.3, 0.4) is 0 Å². The Morgan fingerprint density at radius 1 is 0.833 bits per heavy atom. The summed E-state index contributed by atoms with van der Waals surface area (Å²) < 4.78 is 10.4. The first kappa shape index (κ1) is 24.5. The van der Waals surface area contributed by atoms with E-state index in [2.05, 4.69) is 10.6 Å². The summed E-state index contributed by atoms with van der Waals surface area (Å²) in [6.45, 7) is 1.99. The molecule has 2 aromatic carbocycles. The largest absolute Gasteiger partial charge is 0.467 e. The van der Waals surface area contributed by atoms with E-state index in [0.717, 1.165) is 11.1 Å². The summed E-state index contributed by atoms with van der Waals surface area (Å²) in [5, 5.41) is 5.47. The third kappa shape index (κ3) is 6.29. The first-order chi connectivity index (χ1) is 17.5. The molecule has 0 aliphatic heterocycles. The van der Waals surface area contributed by atoms with Gasteiger partial charge in [0, 0.05) is 6.54 Å². The molecule has 8 heteroatoms. The van der Waals surface area contributed by atoms with Crippen LogP contribution in [0.4, 0.5) is 0 Å². The quantitative estimate of drug-likeness (QED) is 0.353. The lowest BCUT2D eigenvalue weighted by Gasteiger charge is -2.31. The molecule has 2 N–H and O–H groups in total. The first-order valence-electron chi connectivity index (χ1n) is 11.5. The normalized spacial score (nSPS) is 11.5. The summed E-state index contributed by atoms with van der Waals surface area (Å²) in [5.41, 5.74) is 2.53. The van der Waals surface area contributed by atoms with E-state index in [1.165, 1.54) is 23.5 Å². The number of nitrogens with zero attached hydrogens (tertiary/aromatic N) is 1. The highest BCUT2D eigenvalue weighted by molar-refractivity contribution is 5.95. The Labute approximate surface area is 208 Å². The minimum Gasteiger partial charge on any atom is -0.467 e. The summed E-state index contributed by atoms with van der Waals surface area (Å²) >= 11 is 0. The SMILES string of the molecule is Cc1ccc([C@H](C(=O)NCc2ccco2)N(Cc2ccccc2)C(=O)CNC(=O)c2ccco2)cc1. The van der Waals surface area contributed by atoms with Gasteiger partial charge in [-0.15, -0.1) is 0 Å². The maximum Gasteiger partial charge on any atom is 0.287 e. The molecule has 0 spiro atoms. The zero-order chi connectivity index (χ0) is 25.3. The van der Waals surface area contributed by atoms with Crippen molar-refractivity contribution >= 4 is 17.7 Å². The van der Waals surface area contributed by atoms with Crippen LogP contribution >= 0.6 is 0 Å². The summed E-state index contributed by atoms with van der Waals surface area (Å²) in [6, 6.07) is 22.5. The van der Waals surface area contributed by atoms with Crippen LogP contribution in [0.5, 0.6) is 0 Å². The van der Waals surface area contributed by atoms with Crippen LogP contribution < -0.4 is 10.6 Å². The molecule has 4 rings (SSSR count). The molecule has 2 aromatic heterocycles. The molecule has 0 bridgehead atoms. The zero-order valence-electron chi connectivity index (χ0n) is 19.8. The number of aryl methyl sites for hydroxylation is 1. The van der Waals surface area contributed by atoms with Gasteiger partial charge in [0.25, 0.3) is 5.91 Å². The van der Waals surface area contributed by atoms with E-state index >= 15 is 0 Å². The number of furan rings is 2. The van der Waals surface area contributed by atoms with Crippen molar-refractivity contribution in [2.75, 3.05) is 6.54 Å². The second-order valence-electron chi connectivity index (χ2n) is 8.28. The Morgan fingerprint density at radius 3 is 2.22 bits per heavy atom. The summed E-state index contributed by atoms with van der Waals surface area (Å²) in [5.74, 6) is -0.599. The topological polar surface area (TPSA) is 105 Å². The number of hydrogen-bond acceptors (Lipinski definition) is 5. The molecule has 3 amide bonds. The molecular weight excluding hydrogens is 458 g/mol. The average Bonchev–Trinajstić information content (AvgIpc) is 3.62. The lowest BCUT2D eigenvalue weighted by atomic mass is 10.0. The van der Waals surface area contributed by atoms with Gasteiger partial charge in [-0.25, -0.2) is 0 Å². The Kier molecular flexibility index (Phi) is 7.97. The fourth-order valence-electron chi connectivity index (χ4n) is 3.76. The van der Waals surface area contributed by atoms with E-state index in [9.17, 15) is 14.4 Å². The van der Waals surface area contributed by atoms with E-state index in [-0.39, 0.29) is 31.3 Å². The van der Waals surface area contributed by atoms with Crippen LogP contribution in [0.15, 0.2) is 100 Å². The van der Waals surface area contributed by atoms with Gasteiger partial charge in [-0.05, 0) is 42.3 Å². The van der Waals surface area contributed by atoms with Gasteiger partial charge in [-0.3, -0.25) is 14.4 Å². The third-order valence-electron chi connectivity index (χ3n) is 5.63. The Bertz CT molecular complexity index is 1270. The molecule has 0 aliphatic rings. The molecular formula is C28H27N3O5. The average molecular weight is 486 g/mol. The van der Waals surface area contributed by atoms with Crippen LogP contribution in [0.2, 0.25) is 0 Å². The predicted molar refractivity (Wildman–Crippen MR) is 133 cm³/mol. The highest BCUT2D eigenvalue weighted by atomic mass is 16.3. The minimum atomic E-state index is -0.936. The van der Waals surface area contributed by atoms with Gasteiger partial charge in [0.1, 0.15) is 11.8 Å². The molecule has 2 heterocycles. The first-order valence-corrected chi connectivity index (χ1v) is 11.5. The van der Waals surface area contributed by atoms with Crippen molar-refractivity contribution in [3.63, 3.8) is 0 Å². The highest BCUT2D eigenvalue weighted by Gasteiger charge is 2.32. The van der Waals surface area contributed by atoms with E-state index < -0.39 is 17.9 Å². The molecule has 0 aliphatic carbocycles. The van der Waals surface area contributed by atoms with Crippen molar-refractivity contribution in [1.82, 2.24) is 15.5 Å². The van der Waals surface area contributed by atoms with Gasteiger partial charge >= 0.3 is 0 Å². The molecule has 0 unspecified atom stereocenters. The predicted octanol–water partition coefficient (Wildman–Crippen LogP) is 4.00. The Hall–Kier alpha value is -4.59. The Balaban J connectivity index is 1.62. The molecule has 4 aromatic rings. The zero-order valence-corrected chi connectivity index (χ0v) is 19.8. The van der Waals surface area contributed by atoms with E-state index in [1.807, 2.05) is 61.5 Å². The van der Waals surface area contributed by atoms with E-state index in [4.69, 9.17) is 8.83 Å². The van der Waals surface area contributed by atoms with Crippen molar-refractivity contribution in [3.8, 4) is 0 Å². The monoisotopic (exact) mass is 485 g/mol. The second kappa shape index (κ2) is 11.7. The number of amides is 3. The lowest BCUT2D eigenvalue weighted by Crippen LogP contribution is -2.46. The number of carbonyl (C=O) groups excluding carboxylic acids is 3. The van der Waals surface area contributed by atoms with Gasteiger partial charge in [0.2, 0.25) is 11.8 Å². The Morgan fingerprint density at radius 2 is 1.56 bits per heavy atom. The third-order valence-corrected chi connectivity index (χ3v) is 5.63. The number of nitrogens with one attached hydrogen (secondary N) is 2. The van der Waals surface area contributed by atoms with Crippen molar-refractivity contribution in [3.05, 3.63) is 120 Å². The summed E-state index contributed by atoms with van der Waals surface area (Å²) in [6.07, 6.45) is 2.92. The van der Waals surface area contributed by atoms with Crippen molar-refractivity contribution < 1.29 is 23.2 Å². The summed E-state index contributed by atoms with van der Waals surface area (Å²) in [4.78, 5) is 40.9. The van der Waals surface area contributed by atoms with Crippen LogP contribution in [0.1, 0.15) is 39.0 Å². The molecule has 8 nitrogen and oxygen atoms in total. The number of benzene rings is 2. The van der Waals surface area contributed by atoms with Gasteiger partial charge < -0.3 is 24.4 Å². The molecule has 0 fully saturated rings. The van der Waals surface area contributed by atoms with Crippen LogP contribution in [-0.4, -0.2) is 29.2 Å². The molecule has 1 atom stereocenters. The van der Waals surface area contributed by atoms with Crippen LogP contribution in [0, 0.1) is 6.92 Å². The van der Waals surface area contributed by atoms with Crippen molar-refractivity contribution in [2.24, 2.45) is 0 Å². The minimum absolute atomic E-state index is 0.101. The lowest BCUT2D eigenvalue weighted by molar-refractivity contribution is -0.141. The fraction of sp³-hybridized carbons (Fsp3) is 0.179. The maximum absolute atomic E-state index is 13.5. The van der Waals surface area contributed by atoms with Crippen molar-refractivity contribution in [1.29, 1.82) is 0 Å². The fourth-order valence-corrected chi connectivity index (χ4v) is 3.76. The molecule has 184 valence electrons. The molecule has 36 heavy (non-hydrogen) atoms. The van der Waals surface area contributed by atoms with Gasteiger partial charge in [-0.1, -0.05) is 60.2 Å². The van der Waals surface area contributed by atoms with Gasteiger partial charge in [0.15, 0.2) is 5.76 Å². The van der Waals surface area contributed by atoms with Gasteiger partial charge in [-0.2, -0.15) is 0 Å². The molecule has 0 saturated carbocycles. The number of carbonyl (C=O) groups is 3. The maximum atomic E-state index is 13.5. The van der Waals surface area contributed by atoms with Crippen molar-refractivity contribution in [2.45, 2.75) is 26.1 Å². The van der Waals surface area contributed by atoms with Crippen LogP contribution in [-0.2, 0) is 22.7 Å². The molecule has 0 radical (unpaired) electrons. The highest BCUT2D eigenvalue weighted by Crippen LogP contribution is 2.25. The van der Waals surface area contributed by atoms with E-state index in [0.29, 0.717) is 11.3 Å². The van der Waals surface area contributed by atoms with Gasteiger partial charge in [0.05, 0.1) is 25.6 Å². The number of hydrogen-bond donors (Lipinski definition) is 2. The second-order valence-corrected chi connectivity index (χ2v) is 8.28. The molecule has 0 saturated heterocycles. The van der Waals surface area contributed by atoms with E-state index in [1.54, 1.807) is 18.2 Å². The number of rotatable bonds is 10. The summed E-state index contributed by atoms with van der Waals surface area (Å²) in [7, 11) is 0. The van der Waals surface area contributed by atoms with Crippen LogP contribution in [0.25, 0.3) is 0 Å².